The van der Waals surface area contributed by atoms with Gasteiger partial charge in [0.25, 0.3) is 0 Å². The van der Waals surface area contributed by atoms with Crippen LogP contribution in [0.3, 0.4) is 0 Å². The molecule has 0 saturated carbocycles. The van der Waals surface area contributed by atoms with Crippen molar-refractivity contribution in [1.82, 2.24) is 0 Å². The highest BCUT2D eigenvalue weighted by Gasteiger charge is 2.15. The maximum Gasteiger partial charge on any atom is 0.0605 e. The van der Waals surface area contributed by atoms with Gasteiger partial charge in [0.2, 0.25) is 0 Å². The lowest BCUT2D eigenvalue weighted by atomic mass is 10.2. The van der Waals surface area contributed by atoms with E-state index in [-0.39, 0.29) is 0 Å². The molecule has 0 spiro atoms. The average Bonchev–Trinajstić information content (AvgIpc) is 2.64. The predicted octanol–water partition coefficient (Wildman–Crippen LogP) is 4.27. The van der Waals surface area contributed by atoms with Gasteiger partial charge in [-0.3, -0.25) is 0 Å². The van der Waals surface area contributed by atoms with Crippen LogP contribution in [-0.4, -0.2) is 13.1 Å². The van der Waals surface area contributed by atoms with E-state index in [1.807, 2.05) is 0 Å². The molecule has 98 valence electrons. The summed E-state index contributed by atoms with van der Waals surface area (Å²) in [4.78, 5) is 2.45. The molecular weight excluding hydrogens is 300 g/mol. The standard InChI is InChI=1S/C16H17BrN2/c17-14-7-2-1-6-13(14)12-19-11-5-10-18-15-8-3-4-9-16(15)19/h1-4,6-9,18H,5,10-12H2. The summed E-state index contributed by atoms with van der Waals surface area (Å²) in [5.41, 5.74) is 3.88. The Morgan fingerprint density at radius 3 is 2.74 bits per heavy atom. The zero-order valence-electron chi connectivity index (χ0n) is 10.8. The van der Waals surface area contributed by atoms with Crippen LogP contribution in [0.25, 0.3) is 0 Å². The first-order valence-electron chi connectivity index (χ1n) is 6.66. The van der Waals surface area contributed by atoms with Crippen LogP contribution in [0.4, 0.5) is 11.4 Å². The molecule has 1 N–H and O–H groups in total. The number of hydrogen-bond acceptors (Lipinski definition) is 2. The van der Waals surface area contributed by atoms with Crippen LogP contribution in [0, 0.1) is 0 Å². The van der Waals surface area contributed by atoms with E-state index in [9.17, 15) is 0 Å². The molecule has 0 bridgehead atoms. The number of para-hydroxylation sites is 2. The lowest BCUT2D eigenvalue weighted by Crippen LogP contribution is -2.23. The SMILES string of the molecule is Brc1ccccc1CN1CCCNc2ccccc21. The minimum absolute atomic E-state index is 0.945. The second kappa shape index (κ2) is 5.66. The molecule has 0 aromatic heterocycles. The molecule has 3 rings (SSSR count). The molecule has 2 aromatic rings. The number of anilines is 2. The average molecular weight is 317 g/mol. The van der Waals surface area contributed by atoms with E-state index in [0.29, 0.717) is 0 Å². The van der Waals surface area contributed by atoms with Crippen molar-refractivity contribution in [3.05, 3.63) is 58.6 Å². The predicted molar refractivity (Wildman–Crippen MR) is 84.7 cm³/mol. The summed E-state index contributed by atoms with van der Waals surface area (Å²) >= 11 is 3.64. The minimum atomic E-state index is 0.945. The van der Waals surface area contributed by atoms with Crippen LogP contribution in [0.15, 0.2) is 53.0 Å². The second-order valence-corrected chi connectivity index (χ2v) is 5.66. The highest BCUT2D eigenvalue weighted by molar-refractivity contribution is 9.10. The van der Waals surface area contributed by atoms with Crippen molar-refractivity contribution in [2.45, 2.75) is 13.0 Å². The minimum Gasteiger partial charge on any atom is -0.383 e. The van der Waals surface area contributed by atoms with Crippen LogP contribution in [-0.2, 0) is 6.54 Å². The van der Waals surface area contributed by atoms with Crippen molar-refractivity contribution in [2.75, 3.05) is 23.3 Å². The molecule has 0 aliphatic carbocycles. The second-order valence-electron chi connectivity index (χ2n) is 4.81. The van der Waals surface area contributed by atoms with Crippen molar-refractivity contribution in [2.24, 2.45) is 0 Å². The normalized spacial score (nSPS) is 14.5. The van der Waals surface area contributed by atoms with E-state index in [2.05, 4.69) is 74.7 Å². The fourth-order valence-corrected chi connectivity index (χ4v) is 2.92. The molecule has 1 aliphatic heterocycles. The highest BCUT2D eigenvalue weighted by atomic mass is 79.9. The maximum atomic E-state index is 3.64. The molecule has 3 heteroatoms. The largest absolute Gasteiger partial charge is 0.383 e. The topological polar surface area (TPSA) is 15.3 Å². The Hall–Kier alpha value is -1.48. The van der Waals surface area contributed by atoms with Crippen molar-refractivity contribution in [3.63, 3.8) is 0 Å². The van der Waals surface area contributed by atoms with Gasteiger partial charge in [-0.15, -0.1) is 0 Å². The summed E-state index contributed by atoms with van der Waals surface area (Å²) in [6, 6.07) is 17.0. The van der Waals surface area contributed by atoms with Gasteiger partial charge in [0.15, 0.2) is 0 Å². The number of fused-ring (bicyclic) bond motifs is 1. The lowest BCUT2D eigenvalue weighted by Gasteiger charge is -2.25. The molecule has 0 fully saturated rings. The number of nitrogens with one attached hydrogen (secondary N) is 1. The van der Waals surface area contributed by atoms with E-state index in [4.69, 9.17) is 0 Å². The quantitative estimate of drug-likeness (QED) is 0.890. The van der Waals surface area contributed by atoms with Gasteiger partial charge in [0.1, 0.15) is 0 Å². The van der Waals surface area contributed by atoms with E-state index in [0.717, 1.165) is 19.6 Å². The first kappa shape index (κ1) is 12.5. The van der Waals surface area contributed by atoms with Crippen molar-refractivity contribution < 1.29 is 0 Å². The molecule has 19 heavy (non-hydrogen) atoms. The van der Waals surface area contributed by atoms with E-state index in [1.54, 1.807) is 0 Å². The Balaban J connectivity index is 1.91. The Labute approximate surface area is 122 Å². The van der Waals surface area contributed by atoms with Crippen molar-refractivity contribution in [3.8, 4) is 0 Å². The summed E-state index contributed by atoms with van der Waals surface area (Å²) in [5, 5.41) is 3.50. The smallest absolute Gasteiger partial charge is 0.0605 e. The molecular formula is C16H17BrN2. The van der Waals surface area contributed by atoms with Gasteiger partial charge < -0.3 is 10.2 Å². The van der Waals surface area contributed by atoms with E-state index in [1.165, 1.54) is 27.8 Å². The fourth-order valence-electron chi connectivity index (χ4n) is 2.51. The first-order chi connectivity index (χ1) is 9.34. The van der Waals surface area contributed by atoms with Gasteiger partial charge in [-0.05, 0) is 30.2 Å². The van der Waals surface area contributed by atoms with Gasteiger partial charge >= 0.3 is 0 Å². The molecule has 1 heterocycles. The van der Waals surface area contributed by atoms with Gasteiger partial charge in [0, 0.05) is 24.1 Å². The summed E-state index contributed by atoms with van der Waals surface area (Å²) in [7, 11) is 0. The molecule has 0 unspecified atom stereocenters. The Morgan fingerprint density at radius 2 is 1.84 bits per heavy atom. The fraction of sp³-hybridized carbons (Fsp3) is 0.250. The molecule has 0 atom stereocenters. The Morgan fingerprint density at radius 1 is 1.05 bits per heavy atom. The van der Waals surface area contributed by atoms with E-state index < -0.39 is 0 Å². The maximum absolute atomic E-state index is 3.64. The summed E-state index contributed by atoms with van der Waals surface area (Å²) in [6.07, 6.45) is 1.17. The number of nitrogens with zero attached hydrogens (tertiary/aromatic N) is 1. The summed E-state index contributed by atoms with van der Waals surface area (Å²) < 4.78 is 1.18. The van der Waals surface area contributed by atoms with Crippen molar-refractivity contribution in [1.29, 1.82) is 0 Å². The van der Waals surface area contributed by atoms with Crippen LogP contribution in [0.2, 0.25) is 0 Å². The van der Waals surface area contributed by atoms with Crippen LogP contribution in [0.5, 0.6) is 0 Å². The molecule has 1 aliphatic rings. The first-order valence-corrected chi connectivity index (χ1v) is 7.45. The third kappa shape index (κ3) is 2.76. The molecule has 2 aromatic carbocycles. The van der Waals surface area contributed by atoms with E-state index >= 15 is 0 Å². The molecule has 0 amide bonds. The Bertz CT molecular complexity index is 568. The number of benzene rings is 2. The third-order valence-corrected chi connectivity index (χ3v) is 4.26. The van der Waals surface area contributed by atoms with Crippen LogP contribution >= 0.6 is 15.9 Å². The monoisotopic (exact) mass is 316 g/mol. The van der Waals surface area contributed by atoms with Gasteiger partial charge in [-0.2, -0.15) is 0 Å². The summed E-state index contributed by atoms with van der Waals surface area (Å²) in [5.74, 6) is 0. The van der Waals surface area contributed by atoms with Gasteiger partial charge in [-0.25, -0.2) is 0 Å². The molecule has 2 nitrogen and oxygen atoms in total. The van der Waals surface area contributed by atoms with Gasteiger partial charge in [0.05, 0.1) is 11.4 Å². The van der Waals surface area contributed by atoms with Gasteiger partial charge in [-0.1, -0.05) is 46.3 Å². The molecule has 0 saturated heterocycles. The lowest BCUT2D eigenvalue weighted by molar-refractivity contribution is 0.763. The van der Waals surface area contributed by atoms with Crippen molar-refractivity contribution >= 4 is 27.3 Å². The number of hydrogen-bond donors (Lipinski definition) is 1. The molecule has 0 radical (unpaired) electrons. The third-order valence-electron chi connectivity index (χ3n) is 3.48. The zero-order chi connectivity index (χ0) is 13.1. The van der Waals surface area contributed by atoms with Crippen LogP contribution in [0.1, 0.15) is 12.0 Å². The highest BCUT2D eigenvalue weighted by Crippen LogP contribution is 2.30. The zero-order valence-corrected chi connectivity index (χ0v) is 12.4. The van der Waals surface area contributed by atoms with Crippen LogP contribution < -0.4 is 10.2 Å². The summed E-state index contributed by atoms with van der Waals surface area (Å²) in [6.45, 7) is 3.08. The number of rotatable bonds is 2. The number of halogens is 1. The Kier molecular flexibility index (Phi) is 3.74.